The summed E-state index contributed by atoms with van der Waals surface area (Å²) in [5.41, 5.74) is 0. The molecule has 30 heavy (non-hydrogen) atoms. The Bertz CT molecular complexity index is 397. The van der Waals surface area contributed by atoms with Gasteiger partial charge in [-0.3, -0.25) is 4.79 Å². The molecule has 176 valence electrons. The molecule has 0 radical (unpaired) electrons. The molecule has 0 spiro atoms. The van der Waals surface area contributed by atoms with E-state index in [1.165, 1.54) is 116 Å². The van der Waals surface area contributed by atoms with Crippen LogP contribution in [0, 0.1) is 0 Å². The molecule has 0 bridgehead atoms. The topological polar surface area (TPSA) is 37.3 Å². The highest BCUT2D eigenvalue weighted by Gasteiger charge is 1.97. The first-order chi connectivity index (χ1) is 14.8. The number of carboxylic acids is 1. The van der Waals surface area contributed by atoms with Gasteiger partial charge in [-0.1, -0.05) is 128 Å². The van der Waals surface area contributed by atoms with Gasteiger partial charge in [0.25, 0.3) is 0 Å². The van der Waals surface area contributed by atoms with Crippen molar-refractivity contribution in [3.8, 4) is 0 Å². The zero-order valence-electron chi connectivity index (χ0n) is 20.2. The van der Waals surface area contributed by atoms with E-state index in [2.05, 4.69) is 31.2 Å². The number of allylic oxidation sites excluding steroid dienone is 4. The van der Waals surface area contributed by atoms with Gasteiger partial charge in [-0.05, 0) is 38.5 Å². The number of hydrogen-bond donors (Lipinski definition) is 1. The van der Waals surface area contributed by atoms with Gasteiger partial charge < -0.3 is 5.11 Å². The highest BCUT2D eigenvalue weighted by atomic mass is 16.4. The van der Waals surface area contributed by atoms with E-state index in [0.29, 0.717) is 6.42 Å². The highest BCUT2D eigenvalue weighted by molar-refractivity contribution is 5.66. The van der Waals surface area contributed by atoms with E-state index in [-0.39, 0.29) is 0 Å². The van der Waals surface area contributed by atoms with E-state index in [1.54, 1.807) is 0 Å². The summed E-state index contributed by atoms with van der Waals surface area (Å²) in [6.07, 6.45) is 37.0. The first-order valence-corrected chi connectivity index (χ1v) is 13.3. The van der Waals surface area contributed by atoms with Crippen molar-refractivity contribution in [2.75, 3.05) is 0 Å². The molecule has 0 aliphatic rings. The number of aliphatic carboxylic acids is 1. The summed E-state index contributed by atoms with van der Waals surface area (Å²) in [7, 11) is 0. The van der Waals surface area contributed by atoms with Gasteiger partial charge in [0.15, 0.2) is 0 Å². The molecule has 0 saturated heterocycles. The van der Waals surface area contributed by atoms with E-state index in [4.69, 9.17) is 5.11 Å². The van der Waals surface area contributed by atoms with Crippen LogP contribution in [-0.2, 0) is 4.79 Å². The zero-order chi connectivity index (χ0) is 22.0. The molecule has 0 aromatic heterocycles. The summed E-state index contributed by atoms with van der Waals surface area (Å²) < 4.78 is 0. The van der Waals surface area contributed by atoms with E-state index in [0.717, 1.165) is 19.3 Å². The van der Waals surface area contributed by atoms with Crippen LogP contribution in [0.1, 0.15) is 148 Å². The Morgan fingerprint density at radius 2 is 0.900 bits per heavy atom. The van der Waals surface area contributed by atoms with Crippen LogP contribution in [0.25, 0.3) is 0 Å². The van der Waals surface area contributed by atoms with Crippen LogP contribution in [0.3, 0.4) is 0 Å². The minimum absolute atomic E-state index is 0.339. The number of unbranched alkanes of at least 4 members (excludes halogenated alkanes) is 18. The Morgan fingerprint density at radius 3 is 1.30 bits per heavy atom. The molecule has 0 rings (SSSR count). The lowest BCUT2D eigenvalue weighted by Gasteiger charge is -2.02. The third kappa shape index (κ3) is 27.0. The van der Waals surface area contributed by atoms with Gasteiger partial charge in [-0.2, -0.15) is 0 Å². The molecule has 0 atom stereocenters. The fourth-order valence-corrected chi connectivity index (χ4v) is 3.86. The van der Waals surface area contributed by atoms with Crippen LogP contribution in [0.2, 0.25) is 0 Å². The number of hydrogen-bond acceptors (Lipinski definition) is 1. The summed E-state index contributed by atoms with van der Waals surface area (Å²) >= 11 is 0. The van der Waals surface area contributed by atoms with E-state index in [9.17, 15) is 4.79 Å². The standard InChI is InChI=1S/C28H52O2/c1-2-3-4-5-6-7-8-9-10-11-12-13-14-15-16-17-18-19-20-21-22-23-24-25-26-27-28(29)30/h9-10,12-13H,2-8,11,14-27H2,1H3,(H,29,30). The minimum atomic E-state index is -0.655. The third-order valence-corrected chi connectivity index (χ3v) is 5.84. The summed E-state index contributed by atoms with van der Waals surface area (Å²) in [6, 6.07) is 0. The van der Waals surface area contributed by atoms with Gasteiger partial charge in [0, 0.05) is 6.42 Å². The molecule has 0 aliphatic carbocycles. The van der Waals surface area contributed by atoms with Crippen molar-refractivity contribution >= 4 is 5.97 Å². The predicted octanol–water partition coefficient (Wildman–Crippen LogP) is 9.79. The van der Waals surface area contributed by atoms with Crippen LogP contribution in [0.4, 0.5) is 0 Å². The molecular weight excluding hydrogens is 368 g/mol. The average molecular weight is 421 g/mol. The summed E-state index contributed by atoms with van der Waals surface area (Å²) in [4.78, 5) is 10.4. The Labute approximate surface area is 188 Å². The summed E-state index contributed by atoms with van der Waals surface area (Å²) in [5, 5.41) is 8.59. The molecule has 0 aliphatic heterocycles. The van der Waals surface area contributed by atoms with E-state index >= 15 is 0 Å². The van der Waals surface area contributed by atoms with Gasteiger partial charge in [-0.15, -0.1) is 0 Å². The molecular formula is C28H52O2. The maximum absolute atomic E-state index is 10.4. The van der Waals surface area contributed by atoms with Gasteiger partial charge in [0.2, 0.25) is 0 Å². The number of carbonyl (C=O) groups is 1. The first-order valence-electron chi connectivity index (χ1n) is 13.3. The number of carboxylic acid groups (broad SMARTS) is 1. The minimum Gasteiger partial charge on any atom is -0.481 e. The molecule has 0 aromatic rings. The molecule has 0 aromatic carbocycles. The SMILES string of the molecule is CCCCCCCCC=CCC=CCCCCCCCCCCCCCCC(=O)O. The molecule has 0 fully saturated rings. The largest absolute Gasteiger partial charge is 0.481 e. The second-order valence-corrected chi connectivity index (χ2v) is 8.91. The van der Waals surface area contributed by atoms with Crippen molar-refractivity contribution in [2.45, 2.75) is 148 Å². The van der Waals surface area contributed by atoms with Gasteiger partial charge in [0.1, 0.15) is 0 Å². The van der Waals surface area contributed by atoms with E-state index in [1.807, 2.05) is 0 Å². The molecule has 2 heteroatoms. The first kappa shape index (κ1) is 28.9. The van der Waals surface area contributed by atoms with Crippen molar-refractivity contribution in [3.63, 3.8) is 0 Å². The van der Waals surface area contributed by atoms with Gasteiger partial charge in [-0.25, -0.2) is 0 Å². The van der Waals surface area contributed by atoms with Crippen LogP contribution < -0.4 is 0 Å². The maximum atomic E-state index is 10.4. The predicted molar refractivity (Wildman–Crippen MR) is 133 cm³/mol. The van der Waals surface area contributed by atoms with Crippen molar-refractivity contribution in [1.29, 1.82) is 0 Å². The summed E-state index contributed by atoms with van der Waals surface area (Å²) in [5.74, 6) is -0.655. The fourth-order valence-electron chi connectivity index (χ4n) is 3.86. The molecule has 1 N–H and O–H groups in total. The molecule has 0 unspecified atom stereocenters. The van der Waals surface area contributed by atoms with Crippen LogP contribution in [0.5, 0.6) is 0 Å². The quantitative estimate of drug-likeness (QED) is 0.125. The lowest BCUT2D eigenvalue weighted by atomic mass is 10.0. The van der Waals surface area contributed by atoms with Crippen molar-refractivity contribution in [3.05, 3.63) is 24.3 Å². The second kappa shape index (κ2) is 26.0. The van der Waals surface area contributed by atoms with Crippen molar-refractivity contribution < 1.29 is 9.90 Å². The second-order valence-electron chi connectivity index (χ2n) is 8.91. The molecule has 0 amide bonds. The van der Waals surface area contributed by atoms with Crippen LogP contribution in [-0.4, -0.2) is 11.1 Å². The van der Waals surface area contributed by atoms with Gasteiger partial charge >= 0.3 is 5.97 Å². The molecule has 0 saturated carbocycles. The smallest absolute Gasteiger partial charge is 0.303 e. The van der Waals surface area contributed by atoms with Crippen LogP contribution in [0.15, 0.2) is 24.3 Å². The lowest BCUT2D eigenvalue weighted by Crippen LogP contribution is -1.93. The Hall–Kier alpha value is -1.05. The van der Waals surface area contributed by atoms with Crippen molar-refractivity contribution in [2.24, 2.45) is 0 Å². The molecule has 2 nitrogen and oxygen atoms in total. The lowest BCUT2D eigenvalue weighted by molar-refractivity contribution is -0.137. The Balaban J connectivity index is 3.14. The Morgan fingerprint density at radius 1 is 0.533 bits per heavy atom. The highest BCUT2D eigenvalue weighted by Crippen LogP contribution is 2.13. The Kier molecular flexibility index (Phi) is 25.1. The van der Waals surface area contributed by atoms with E-state index < -0.39 is 5.97 Å². The fraction of sp³-hybridized carbons (Fsp3) is 0.821. The third-order valence-electron chi connectivity index (χ3n) is 5.84. The van der Waals surface area contributed by atoms with Crippen molar-refractivity contribution in [1.82, 2.24) is 0 Å². The average Bonchev–Trinajstić information content (AvgIpc) is 2.73. The normalized spacial score (nSPS) is 11.8. The molecule has 0 heterocycles. The zero-order valence-corrected chi connectivity index (χ0v) is 20.2. The van der Waals surface area contributed by atoms with Gasteiger partial charge in [0.05, 0.1) is 0 Å². The monoisotopic (exact) mass is 420 g/mol. The van der Waals surface area contributed by atoms with Crippen LogP contribution >= 0.6 is 0 Å². The summed E-state index contributed by atoms with van der Waals surface area (Å²) in [6.45, 7) is 2.28. The number of rotatable bonds is 24. The maximum Gasteiger partial charge on any atom is 0.303 e.